The predicted molar refractivity (Wildman–Crippen MR) is 75.3 cm³/mol. The first-order valence-electron chi connectivity index (χ1n) is 6.48. The first-order valence-corrected chi connectivity index (χ1v) is 6.48. The van der Waals surface area contributed by atoms with Crippen LogP contribution in [0, 0.1) is 0 Å². The molecule has 0 bridgehead atoms. The minimum absolute atomic E-state index is 0.0640. The highest BCUT2D eigenvalue weighted by Gasteiger charge is 2.05. The molecule has 2 rings (SSSR count). The van der Waals surface area contributed by atoms with Crippen LogP contribution in [0.5, 0.6) is 0 Å². The van der Waals surface area contributed by atoms with Gasteiger partial charge in [-0.15, -0.1) is 0 Å². The molecule has 0 saturated heterocycles. The van der Waals surface area contributed by atoms with E-state index in [9.17, 15) is 9.59 Å². The normalized spacial score (nSPS) is 10.4. The Morgan fingerprint density at radius 2 is 1.95 bits per heavy atom. The number of para-hydroxylation sites is 1. The average molecular weight is 272 g/mol. The third-order valence-corrected chi connectivity index (χ3v) is 2.89. The van der Waals surface area contributed by atoms with Gasteiger partial charge >= 0.3 is 5.97 Å². The molecule has 2 aromatic rings. The predicted octanol–water partition coefficient (Wildman–Crippen LogP) is 1.76. The molecule has 1 heterocycles. The number of carboxylic acids is 1. The second-order valence-electron chi connectivity index (χ2n) is 4.52. The average Bonchev–Trinajstić information content (AvgIpc) is 2.43. The minimum atomic E-state index is -0.851. The molecular weight excluding hydrogens is 256 g/mol. The van der Waals surface area contributed by atoms with Crippen molar-refractivity contribution >= 4 is 22.8 Å². The number of nitrogens with one attached hydrogen (secondary N) is 1. The van der Waals surface area contributed by atoms with Crippen molar-refractivity contribution in [3.63, 3.8) is 0 Å². The van der Waals surface area contributed by atoms with Gasteiger partial charge in [0.1, 0.15) is 0 Å². The molecular formula is C15H16N2O3. The standard InChI is InChI=1S/C15H16N2O3/c18-14(16-9-3-6-15(19)20)10-12-8-7-11-4-1-2-5-13(11)17-12/h1-2,4-5,7-8H,3,6,9-10H2,(H,16,18)(H,19,20). The quantitative estimate of drug-likeness (QED) is 0.785. The number of aliphatic carboxylic acids is 1. The largest absolute Gasteiger partial charge is 0.481 e. The molecule has 20 heavy (non-hydrogen) atoms. The summed E-state index contributed by atoms with van der Waals surface area (Å²) in [6.45, 7) is 0.374. The third kappa shape index (κ3) is 4.05. The number of fused-ring (bicyclic) bond motifs is 1. The fraction of sp³-hybridized carbons (Fsp3) is 0.267. The fourth-order valence-corrected chi connectivity index (χ4v) is 1.90. The second-order valence-corrected chi connectivity index (χ2v) is 4.52. The molecule has 1 aromatic heterocycles. The lowest BCUT2D eigenvalue weighted by molar-refractivity contribution is -0.137. The summed E-state index contributed by atoms with van der Waals surface area (Å²) in [6, 6.07) is 11.5. The van der Waals surface area contributed by atoms with Gasteiger partial charge in [0.05, 0.1) is 17.6 Å². The molecule has 0 aliphatic rings. The first kappa shape index (κ1) is 14.0. The van der Waals surface area contributed by atoms with Crippen LogP contribution in [0.4, 0.5) is 0 Å². The number of rotatable bonds is 6. The Bertz CT molecular complexity index is 625. The molecule has 1 aromatic carbocycles. The number of amides is 1. The number of hydrogen-bond acceptors (Lipinski definition) is 3. The Morgan fingerprint density at radius 3 is 2.75 bits per heavy atom. The van der Waals surface area contributed by atoms with E-state index in [0.717, 1.165) is 10.9 Å². The Morgan fingerprint density at radius 1 is 1.15 bits per heavy atom. The van der Waals surface area contributed by atoms with E-state index in [1.54, 1.807) is 0 Å². The lowest BCUT2D eigenvalue weighted by Gasteiger charge is -2.05. The molecule has 0 unspecified atom stereocenters. The lowest BCUT2D eigenvalue weighted by atomic mass is 10.2. The van der Waals surface area contributed by atoms with E-state index in [-0.39, 0.29) is 18.7 Å². The topological polar surface area (TPSA) is 79.3 Å². The number of carbonyl (C=O) groups excluding carboxylic acids is 1. The van der Waals surface area contributed by atoms with Crippen LogP contribution in [-0.2, 0) is 16.0 Å². The molecule has 0 saturated carbocycles. The van der Waals surface area contributed by atoms with E-state index in [0.29, 0.717) is 18.7 Å². The number of hydrogen-bond donors (Lipinski definition) is 2. The minimum Gasteiger partial charge on any atom is -0.481 e. The maximum atomic E-state index is 11.7. The summed E-state index contributed by atoms with van der Waals surface area (Å²) in [7, 11) is 0. The first-order chi connectivity index (χ1) is 9.65. The Hall–Kier alpha value is -2.43. The van der Waals surface area contributed by atoms with Crippen molar-refractivity contribution < 1.29 is 14.7 Å². The number of carbonyl (C=O) groups is 2. The van der Waals surface area contributed by atoms with Crippen LogP contribution in [-0.4, -0.2) is 28.5 Å². The monoisotopic (exact) mass is 272 g/mol. The molecule has 0 aliphatic heterocycles. The number of carboxylic acid groups (broad SMARTS) is 1. The van der Waals surface area contributed by atoms with Gasteiger partial charge in [-0.2, -0.15) is 0 Å². The summed E-state index contributed by atoms with van der Waals surface area (Å²) in [5.41, 5.74) is 1.57. The van der Waals surface area contributed by atoms with Crippen molar-refractivity contribution in [1.29, 1.82) is 0 Å². The summed E-state index contributed by atoms with van der Waals surface area (Å²) in [5, 5.41) is 12.2. The van der Waals surface area contributed by atoms with Gasteiger partial charge in [0.25, 0.3) is 0 Å². The van der Waals surface area contributed by atoms with Crippen LogP contribution in [0.2, 0.25) is 0 Å². The number of nitrogens with zero attached hydrogens (tertiary/aromatic N) is 1. The van der Waals surface area contributed by atoms with Crippen molar-refractivity contribution in [2.45, 2.75) is 19.3 Å². The maximum Gasteiger partial charge on any atom is 0.303 e. The van der Waals surface area contributed by atoms with E-state index in [1.807, 2.05) is 36.4 Å². The zero-order chi connectivity index (χ0) is 14.4. The van der Waals surface area contributed by atoms with Crippen LogP contribution in [0.25, 0.3) is 10.9 Å². The van der Waals surface area contributed by atoms with Crippen molar-refractivity contribution in [3.8, 4) is 0 Å². The zero-order valence-electron chi connectivity index (χ0n) is 11.0. The van der Waals surface area contributed by atoms with E-state index < -0.39 is 5.97 Å². The molecule has 5 heteroatoms. The van der Waals surface area contributed by atoms with Crippen LogP contribution < -0.4 is 5.32 Å². The molecule has 2 N–H and O–H groups in total. The molecule has 0 radical (unpaired) electrons. The summed E-state index contributed by atoms with van der Waals surface area (Å²) < 4.78 is 0. The molecule has 0 spiro atoms. The molecule has 0 fully saturated rings. The third-order valence-electron chi connectivity index (χ3n) is 2.89. The van der Waals surface area contributed by atoms with Gasteiger partial charge in [0, 0.05) is 18.4 Å². The highest BCUT2D eigenvalue weighted by molar-refractivity contribution is 5.81. The van der Waals surface area contributed by atoms with Crippen LogP contribution in [0.15, 0.2) is 36.4 Å². The van der Waals surface area contributed by atoms with E-state index >= 15 is 0 Å². The van der Waals surface area contributed by atoms with E-state index in [2.05, 4.69) is 10.3 Å². The van der Waals surface area contributed by atoms with Gasteiger partial charge in [0.15, 0.2) is 0 Å². The van der Waals surface area contributed by atoms with Crippen molar-refractivity contribution in [2.75, 3.05) is 6.54 Å². The maximum absolute atomic E-state index is 11.7. The fourth-order valence-electron chi connectivity index (χ4n) is 1.90. The van der Waals surface area contributed by atoms with Crippen LogP contribution in [0.3, 0.4) is 0 Å². The molecule has 1 amide bonds. The van der Waals surface area contributed by atoms with Gasteiger partial charge < -0.3 is 10.4 Å². The second kappa shape index (κ2) is 6.65. The summed E-state index contributed by atoms with van der Waals surface area (Å²) in [6.07, 6.45) is 0.707. The smallest absolute Gasteiger partial charge is 0.303 e. The van der Waals surface area contributed by atoms with Crippen LogP contribution in [0.1, 0.15) is 18.5 Å². The number of aromatic nitrogens is 1. The van der Waals surface area contributed by atoms with Crippen molar-refractivity contribution in [2.24, 2.45) is 0 Å². The molecule has 0 aliphatic carbocycles. The lowest BCUT2D eigenvalue weighted by Crippen LogP contribution is -2.26. The Labute approximate surface area is 116 Å². The van der Waals surface area contributed by atoms with Gasteiger partial charge in [-0.1, -0.05) is 24.3 Å². The van der Waals surface area contributed by atoms with Gasteiger partial charge in [-0.3, -0.25) is 14.6 Å². The van der Waals surface area contributed by atoms with Gasteiger partial charge in [-0.05, 0) is 18.6 Å². The van der Waals surface area contributed by atoms with Crippen LogP contribution >= 0.6 is 0 Å². The summed E-state index contributed by atoms with van der Waals surface area (Å²) in [5.74, 6) is -0.992. The number of benzene rings is 1. The summed E-state index contributed by atoms with van der Waals surface area (Å²) >= 11 is 0. The number of pyridine rings is 1. The van der Waals surface area contributed by atoms with Crippen molar-refractivity contribution in [3.05, 3.63) is 42.1 Å². The zero-order valence-corrected chi connectivity index (χ0v) is 11.0. The summed E-state index contributed by atoms with van der Waals surface area (Å²) in [4.78, 5) is 26.4. The highest BCUT2D eigenvalue weighted by Crippen LogP contribution is 2.11. The molecule has 104 valence electrons. The SMILES string of the molecule is O=C(O)CCCNC(=O)Cc1ccc2ccccc2n1. The van der Waals surface area contributed by atoms with E-state index in [4.69, 9.17) is 5.11 Å². The Balaban J connectivity index is 1.88. The van der Waals surface area contributed by atoms with Crippen molar-refractivity contribution in [1.82, 2.24) is 10.3 Å². The van der Waals surface area contributed by atoms with E-state index in [1.165, 1.54) is 0 Å². The Kier molecular flexibility index (Phi) is 4.65. The van der Waals surface area contributed by atoms with Gasteiger partial charge in [-0.25, -0.2) is 0 Å². The highest BCUT2D eigenvalue weighted by atomic mass is 16.4. The van der Waals surface area contributed by atoms with Gasteiger partial charge in [0.2, 0.25) is 5.91 Å². The molecule has 0 atom stereocenters. The molecule has 5 nitrogen and oxygen atoms in total.